The Kier molecular flexibility index (Phi) is 3.07. The van der Waals surface area contributed by atoms with E-state index in [0.717, 1.165) is 5.92 Å². The van der Waals surface area contributed by atoms with Gasteiger partial charge in [0.15, 0.2) is 0 Å². The van der Waals surface area contributed by atoms with Crippen molar-refractivity contribution >= 4 is 0 Å². The largest absolute Gasteiger partial charge is 0.375 e. The maximum Gasteiger partial charge on any atom is 0.0316 e. The van der Waals surface area contributed by atoms with Crippen molar-refractivity contribution in [3.63, 3.8) is 0 Å². The van der Waals surface area contributed by atoms with Gasteiger partial charge in [0, 0.05) is 24.2 Å². The van der Waals surface area contributed by atoms with E-state index in [0.29, 0.717) is 10.8 Å². The van der Waals surface area contributed by atoms with Crippen molar-refractivity contribution < 1.29 is 0 Å². The second kappa shape index (κ2) is 4.40. The zero-order valence-electron chi connectivity index (χ0n) is 13.0. The van der Waals surface area contributed by atoms with Crippen molar-refractivity contribution in [2.24, 2.45) is 16.7 Å². The molecule has 1 nitrogen and oxygen atoms in total. The zero-order chi connectivity index (χ0) is 13.7. The van der Waals surface area contributed by atoms with Gasteiger partial charge < -0.3 is 4.90 Å². The molecular weight excluding hydrogens is 230 g/mol. The molecule has 1 heteroatoms. The van der Waals surface area contributed by atoms with E-state index in [2.05, 4.69) is 38.3 Å². The molecular formula is C18H29N. The molecule has 2 aliphatic carbocycles. The van der Waals surface area contributed by atoms with Crippen LogP contribution in [0.2, 0.25) is 0 Å². The Hall–Kier alpha value is -0.720. The van der Waals surface area contributed by atoms with E-state index in [1.807, 2.05) is 0 Å². The quantitative estimate of drug-likeness (QED) is 0.661. The van der Waals surface area contributed by atoms with Crippen LogP contribution in [0.25, 0.3) is 0 Å². The Balaban J connectivity index is 1.71. The van der Waals surface area contributed by atoms with Crippen LogP contribution in [0.1, 0.15) is 59.3 Å². The third kappa shape index (κ3) is 1.97. The van der Waals surface area contributed by atoms with E-state index in [1.54, 1.807) is 5.57 Å². The Morgan fingerprint density at radius 2 is 2.00 bits per heavy atom. The van der Waals surface area contributed by atoms with Gasteiger partial charge in [-0.05, 0) is 49.9 Å². The number of likely N-dealkylation sites (tertiary alicyclic amines) is 1. The van der Waals surface area contributed by atoms with Crippen LogP contribution in [0, 0.1) is 16.7 Å². The molecule has 1 aliphatic heterocycles. The minimum absolute atomic E-state index is 0.391. The molecule has 0 N–H and O–H groups in total. The maximum absolute atomic E-state index is 4.54. The molecule has 1 saturated carbocycles. The molecule has 1 saturated heterocycles. The summed E-state index contributed by atoms with van der Waals surface area (Å²) < 4.78 is 0. The number of piperidine rings is 1. The smallest absolute Gasteiger partial charge is 0.0316 e. The minimum Gasteiger partial charge on any atom is -0.375 e. The lowest BCUT2D eigenvalue weighted by molar-refractivity contribution is 0.103. The maximum atomic E-state index is 4.54. The third-order valence-electron chi connectivity index (χ3n) is 6.07. The second-order valence-electron chi connectivity index (χ2n) is 7.69. The van der Waals surface area contributed by atoms with Crippen molar-refractivity contribution in [2.75, 3.05) is 13.1 Å². The highest BCUT2D eigenvalue weighted by Crippen LogP contribution is 2.62. The van der Waals surface area contributed by atoms with E-state index < -0.39 is 0 Å². The molecule has 3 aliphatic rings. The van der Waals surface area contributed by atoms with Gasteiger partial charge in [-0.3, -0.25) is 0 Å². The highest BCUT2D eigenvalue weighted by molar-refractivity contribution is 5.40. The van der Waals surface area contributed by atoms with Gasteiger partial charge in [-0.1, -0.05) is 39.0 Å². The Labute approximate surface area is 118 Å². The van der Waals surface area contributed by atoms with E-state index in [1.165, 1.54) is 57.3 Å². The zero-order valence-corrected chi connectivity index (χ0v) is 13.0. The Morgan fingerprint density at radius 3 is 2.63 bits per heavy atom. The lowest BCUT2D eigenvalue weighted by atomic mass is 9.56. The molecule has 0 radical (unpaired) electrons. The lowest BCUT2D eigenvalue weighted by Gasteiger charge is -2.53. The van der Waals surface area contributed by atoms with Gasteiger partial charge in [0.05, 0.1) is 0 Å². The highest BCUT2D eigenvalue weighted by atomic mass is 15.2. The Morgan fingerprint density at radius 1 is 1.32 bits per heavy atom. The van der Waals surface area contributed by atoms with Crippen LogP contribution in [0.4, 0.5) is 0 Å². The first kappa shape index (κ1) is 13.3. The number of allylic oxidation sites excluding steroid dienone is 2. The highest BCUT2D eigenvalue weighted by Gasteiger charge is 2.53. The van der Waals surface area contributed by atoms with Crippen molar-refractivity contribution in [1.29, 1.82) is 0 Å². The first-order chi connectivity index (χ1) is 8.98. The summed E-state index contributed by atoms with van der Waals surface area (Å²) in [5.74, 6) is 0.862. The van der Waals surface area contributed by atoms with Gasteiger partial charge in [-0.15, -0.1) is 0 Å². The van der Waals surface area contributed by atoms with Crippen LogP contribution in [0.15, 0.2) is 23.9 Å². The summed E-state index contributed by atoms with van der Waals surface area (Å²) in [6.45, 7) is 14.1. The molecule has 3 rings (SSSR count). The molecule has 0 bridgehead atoms. The van der Waals surface area contributed by atoms with Crippen molar-refractivity contribution in [2.45, 2.75) is 59.3 Å². The summed E-state index contributed by atoms with van der Waals surface area (Å²) in [7, 11) is 0. The van der Waals surface area contributed by atoms with Crippen LogP contribution >= 0.6 is 0 Å². The summed E-state index contributed by atoms with van der Waals surface area (Å²) >= 11 is 0. The molecule has 0 aromatic rings. The van der Waals surface area contributed by atoms with Crippen molar-refractivity contribution in [1.82, 2.24) is 4.90 Å². The fourth-order valence-corrected chi connectivity index (χ4v) is 4.47. The first-order valence-electron chi connectivity index (χ1n) is 8.13. The summed E-state index contributed by atoms with van der Waals surface area (Å²) in [4.78, 5) is 2.61. The number of fused-ring (bicyclic) bond motifs is 1. The fraction of sp³-hybridized carbons (Fsp3) is 0.778. The minimum atomic E-state index is 0.391. The number of nitrogens with zero attached hydrogens (tertiary/aromatic N) is 1. The SMILES string of the molecule is C=C(N1CCC(C)(C)CC1)C12CCC=C1C(CC)C2. The van der Waals surface area contributed by atoms with E-state index in [9.17, 15) is 0 Å². The normalized spacial score (nSPS) is 36.5. The summed E-state index contributed by atoms with van der Waals surface area (Å²) in [5.41, 5.74) is 4.12. The topological polar surface area (TPSA) is 3.24 Å². The number of rotatable bonds is 3. The standard InChI is InChI=1S/C18H29N/c1-5-15-13-18(8-6-7-16(15)18)14(2)19-11-9-17(3,4)10-12-19/h7,15H,2,5-6,8-13H2,1,3-4H3. The molecule has 19 heavy (non-hydrogen) atoms. The molecule has 2 atom stereocenters. The molecule has 0 aromatic heterocycles. The van der Waals surface area contributed by atoms with Gasteiger partial charge >= 0.3 is 0 Å². The van der Waals surface area contributed by atoms with Gasteiger partial charge in [0.25, 0.3) is 0 Å². The van der Waals surface area contributed by atoms with Crippen molar-refractivity contribution in [3.8, 4) is 0 Å². The van der Waals surface area contributed by atoms with Crippen LogP contribution in [-0.4, -0.2) is 18.0 Å². The van der Waals surface area contributed by atoms with Crippen LogP contribution < -0.4 is 0 Å². The van der Waals surface area contributed by atoms with Crippen LogP contribution in [-0.2, 0) is 0 Å². The lowest BCUT2D eigenvalue weighted by Crippen LogP contribution is -2.47. The van der Waals surface area contributed by atoms with Gasteiger partial charge in [-0.25, -0.2) is 0 Å². The average Bonchev–Trinajstić information content (AvgIpc) is 2.68. The summed E-state index contributed by atoms with van der Waals surface area (Å²) in [6, 6.07) is 0. The molecule has 1 heterocycles. The number of hydrogen-bond acceptors (Lipinski definition) is 1. The van der Waals surface area contributed by atoms with E-state index in [-0.39, 0.29) is 0 Å². The fourth-order valence-electron chi connectivity index (χ4n) is 4.47. The summed E-state index contributed by atoms with van der Waals surface area (Å²) in [6.07, 6.45) is 10.5. The van der Waals surface area contributed by atoms with E-state index in [4.69, 9.17) is 0 Å². The molecule has 2 fully saturated rings. The predicted molar refractivity (Wildman–Crippen MR) is 81.9 cm³/mol. The average molecular weight is 259 g/mol. The van der Waals surface area contributed by atoms with E-state index >= 15 is 0 Å². The van der Waals surface area contributed by atoms with Crippen molar-refractivity contribution in [3.05, 3.63) is 23.9 Å². The summed E-state index contributed by atoms with van der Waals surface area (Å²) in [5, 5.41) is 0. The monoisotopic (exact) mass is 259 g/mol. The molecule has 2 unspecified atom stereocenters. The third-order valence-corrected chi connectivity index (χ3v) is 6.07. The van der Waals surface area contributed by atoms with Gasteiger partial charge in [-0.2, -0.15) is 0 Å². The first-order valence-corrected chi connectivity index (χ1v) is 8.13. The van der Waals surface area contributed by atoms with Gasteiger partial charge in [0.2, 0.25) is 0 Å². The molecule has 0 spiro atoms. The molecule has 0 amide bonds. The number of hydrogen-bond donors (Lipinski definition) is 0. The van der Waals surface area contributed by atoms with Crippen LogP contribution in [0.5, 0.6) is 0 Å². The Bertz CT molecular complexity index is 407. The van der Waals surface area contributed by atoms with Gasteiger partial charge in [0.1, 0.15) is 0 Å². The predicted octanol–water partition coefficient (Wildman–Crippen LogP) is 4.76. The molecule has 0 aromatic carbocycles. The van der Waals surface area contributed by atoms with Crippen LogP contribution in [0.3, 0.4) is 0 Å². The molecule has 106 valence electrons. The second-order valence-corrected chi connectivity index (χ2v) is 7.69.